The molecule has 3 amide bonds. The van der Waals surface area contributed by atoms with Crippen molar-refractivity contribution in [3.63, 3.8) is 0 Å². The van der Waals surface area contributed by atoms with Crippen LogP contribution in [0.3, 0.4) is 0 Å². The summed E-state index contributed by atoms with van der Waals surface area (Å²) in [4.78, 5) is 43.0. The fraction of sp³-hybridized carbons (Fsp3) is 0.550. The highest BCUT2D eigenvalue weighted by Crippen LogP contribution is 2.28. The number of amides is 3. The molecule has 0 N–H and O–H groups in total. The van der Waals surface area contributed by atoms with Gasteiger partial charge in [-0.2, -0.15) is 0 Å². The van der Waals surface area contributed by atoms with Gasteiger partial charge in [-0.3, -0.25) is 14.4 Å². The third kappa shape index (κ3) is 4.76. The van der Waals surface area contributed by atoms with Gasteiger partial charge in [0, 0.05) is 31.7 Å². The van der Waals surface area contributed by atoms with E-state index in [0.717, 1.165) is 6.42 Å². The lowest BCUT2D eigenvalue weighted by molar-refractivity contribution is -0.141. The second-order valence-electron chi connectivity index (χ2n) is 6.76. The number of hydrogen-bond acceptors (Lipinski definition) is 4. The van der Waals surface area contributed by atoms with E-state index in [2.05, 4.69) is 0 Å². The monoisotopic (exact) mass is 409 g/mol. The molecule has 1 saturated heterocycles. The highest BCUT2D eigenvalue weighted by molar-refractivity contribution is 6.31. The van der Waals surface area contributed by atoms with Gasteiger partial charge in [0.05, 0.1) is 19.2 Å². The zero-order valence-corrected chi connectivity index (χ0v) is 17.7. The number of halogens is 1. The van der Waals surface area contributed by atoms with E-state index in [1.54, 1.807) is 35.0 Å². The van der Waals surface area contributed by atoms with Gasteiger partial charge in [0.25, 0.3) is 5.91 Å². The Morgan fingerprint density at radius 3 is 2.54 bits per heavy atom. The van der Waals surface area contributed by atoms with Crippen molar-refractivity contribution in [2.75, 3.05) is 40.3 Å². The van der Waals surface area contributed by atoms with E-state index in [0.29, 0.717) is 42.4 Å². The molecule has 8 heteroatoms. The first kappa shape index (κ1) is 22.0. The molecule has 1 aromatic carbocycles. The lowest BCUT2D eigenvalue weighted by atomic mass is 10.1. The van der Waals surface area contributed by atoms with Crippen LogP contribution >= 0.6 is 11.6 Å². The fourth-order valence-electron chi connectivity index (χ4n) is 3.48. The normalized spacial score (nSPS) is 16.0. The average Bonchev–Trinajstić information content (AvgIpc) is 3.17. The first-order chi connectivity index (χ1) is 13.3. The van der Waals surface area contributed by atoms with Crippen LogP contribution in [0.2, 0.25) is 5.02 Å². The molecule has 0 aliphatic carbocycles. The van der Waals surface area contributed by atoms with Crippen molar-refractivity contribution in [2.24, 2.45) is 0 Å². The predicted molar refractivity (Wildman–Crippen MR) is 108 cm³/mol. The SMILES string of the molecule is CCN(CC)C(=O)CN(C)C(=O)[C@H]1CCCN1C(=O)c1cc(Cl)ccc1OC. The van der Waals surface area contributed by atoms with E-state index in [9.17, 15) is 14.4 Å². The summed E-state index contributed by atoms with van der Waals surface area (Å²) in [5.41, 5.74) is 0.330. The van der Waals surface area contributed by atoms with E-state index in [4.69, 9.17) is 16.3 Å². The quantitative estimate of drug-likeness (QED) is 0.692. The third-order valence-corrected chi connectivity index (χ3v) is 5.29. The molecule has 0 bridgehead atoms. The number of hydrogen-bond donors (Lipinski definition) is 0. The Balaban J connectivity index is 2.15. The van der Waals surface area contributed by atoms with Crippen LogP contribution in [0.15, 0.2) is 18.2 Å². The van der Waals surface area contributed by atoms with Crippen LogP contribution in [0.1, 0.15) is 37.0 Å². The van der Waals surface area contributed by atoms with Gasteiger partial charge in [-0.05, 0) is 44.9 Å². The molecule has 1 aliphatic rings. The summed E-state index contributed by atoms with van der Waals surface area (Å²) in [6.07, 6.45) is 1.29. The van der Waals surface area contributed by atoms with E-state index in [1.807, 2.05) is 13.8 Å². The molecule has 1 aliphatic heterocycles. The minimum absolute atomic E-state index is 0.000466. The maximum Gasteiger partial charge on any atom is 0.258 e. The molecule has 0 aromatic heterocycles. The van der Waals surface area contributed by atoms with Crippen LogP contribution in [0.25, 0.3) is 0 Å². The number of likely N-dealkylation sites (tertiary alicyclic amines) is 1. The first-order valence-electron chi connectivity index (χ1n) is 9.51. The van der Waals surface area contributed by atoms with Gasteiger partial charge >= 0.3 is 0 Å². The van der Waals surface area contributed by atoms with Gasteiger partial charge in [-0.1, -0.05) is 11.6 Å². The van der Waals surface area contributed by atoms with Crippen LogP contribution in [-0.2, 0) is 9.59 Å². The van der Waals surface area contributed by atoms with Gasteiger partial charge in [0.2, 0.25) is 11.8 Å². The third-order valence-electron chi connectivity index (χ3n) is 5.06. The van der Waals surface area contributed by atoms with Gasteiger partial charge in [0.1, 0.15) is 11.8 Å². The number of carbonyl (C=O) groups is 3. The molecule has 0 unspecified atom stereocenters. The zero-order chi connectivity index (χ0) is 20.8. The largest absolute Gasteiger partial charge is 0.496 e. The summed E-state index contributed by atoms with van der Waals surface area (Å²) in [6.45, 7) is 5.47. The number of benzene rings is 1. The van der Waals surface area contributed by atoms with Crippen molar-refractivity contribution >= 4 is 29.3 Å². The Hall–Kier alpha value is -2.28. The predicted octanol–water partition coefficient (Wildman–Crippen LogP) is 2.28. The minimum Gasteiger partial charge on any atom is -0.496 e. The molecule has 1 heterocycles. The van der Waals surface area contributed by atoms with Crippen LogP contribution in [0, 0.1) is 0 Å². The van der Waals surface area contributed by atoms with E-state index >= 15 is 0 Å². The van der Waals surface area contributed by atoms with Crippen molar-refractivity contribution in [2.45, 2.75) is 32.7 Å². The maximum absolute atomic E-state index is 13.1. The zero-order valence-electron chi connectivity index (χ0n) is 16.9. The van der Waals surface area contributed by atoms with Gasteiger partial charge in [-0.15, -0.1) is 0 Å². The first-order valence-corrected chi connectivity index (χ1v) is 9.89. The second kappa shape index (κ2) is 9.78. The van der Waals surface area contributed by atoms with Crippen LogP contribution < -0.4 is 4.74 Å². The van der Waals surface area contributed by atoms with E-state index in [1.165, 1.54) is 12.0 Å². The van der Waals surface area contributed by atoms with Gasteiger partial charge in [-0.25, -0.2) is 0 Å². The topological polar surface area (TPSA) is 70.2 Å². The highest BCUT2D eigenvalue weighted by Gasteiger charge is 2.37. The molecule has 154 valence electrons. The van der Waals surface area contributed by atoms with Crippen molar-refractivity contribution in [1.29, 1.82) is 0 Å². The highest BCUT2D eigenvalue weighted by atomic mass is 35.5. The van der Waals surface area contributed by atoms with Crippen molar-refractivity contribution in [1.82, 2.24) is 14.7 Å². The molecular formula is C20H28ClN3O4. The second-order valence-corrected chi connectivity index (χ2v) is 7.20. The molecule has 1 atom stereocenters. The maximum atomic E-state index is 13.1. The molecule has 2 rings (SSSR count). The Morgan fingerprint density at radius 2 is 1.93 bits per heavy atom. The van der Waals surface area contributed by atoms with Gasteiger partial charge < -0.3 is 19.4 Å². The van der Waals surface area contributed by atoms with Crippen molar-refractivity contribution in [3.05, 3.63) is 28.8 Å². The standard InChI is InChI=1S/C20H28ClN3O4/c1-5-23(6-2)18(25)13-22(3)20(27)16-8-7-11-24(16)19(26)15-12-14(21)9-10-17(15)28-4/h9-10,12,16H,5-8,11,13H2,1-4H3/t16-/m1/s1. The average molecular weight is 410 g/mol. The van der Waals surface area contributed by atoms with Crippen LogP contribution in [0.4, 0.5) is 0 Å². The Kier molecular flexibility index (Phi) is 7.69. The summed E-state index contributed by atoms with van der Waals surface area (Å²) in [7, 11) is 3.09. The molecule has 1 aromatic rings. The Morgan fingerprint density at radius 1 is 1.25 bits per heavy atom. The summed E-state index contributed by atoms with van der Waals surface area (Å²) in [6, 6.07) is 4.25. The Labute approximate surface area is 171 Å². The molecule has 7 nitrogen and oxygen atoms in total. The molecule has 0 saturated carbocycles. The summed E-state index contributed by atoms with van der Waals surface area (Å²) >= 11 is 6.04. The summed E-state index contributed by atoms with van der Waals surface area (Å²) in [5, 5.41) is 0.424. The smallest absolute Gasteiger partial charge is 0.258 e. The number of nitrogens with zero attached hydrogens (tertiary/aromatic N) is 3. The number of rotatable bonds is 7. The lowest BCUT2D eigenvalue weighted by Gasteiger charge is -2.29. The molecule has 0 spiro atoms. The van der Waals surface area contributed by atoms with E-state index in [-0.39, 0.29) is 24.3 Å². The minimum atomic E-state index is -0.592. The van der Waals surface area contributed by atoms with Crippen LogP contribution in [-0.4, -0.2) is 78.8 Å². The number of carbonyl (C=O) groups excluding carboxylic acids is 3. The number of likely N-dealkylation sites (N-methyl/N-ethyl adjacent to an activating group) is 2. The number of ether oxygens (including phenoxy) is 1. The van der Waals surface area contributed by atoms with Crippen LogP contribution in [0.5, 0.6) is 5.75 Å². The van der Waals surface area contributed by atoms with Gasteiger partial charge in [0.15, 0.2) is 0 Å². The molecule has 28 heavy (non-hydrogen) atoms. The van der Waals surface area contributed by atoms with E-state index < -0.39 is 6.04 Å². The molecule has 0 radical (unpaired) electrons. The number of methoxy groups -OCH3 is 1. The van der Waals surface area contributed by atoms with Crippen molar-refractivity contribution in [3.8, 4) is 5.75 Å². The Bertz CT molecular complexity index is 736. The fourth-order valence-corrected chi connectivity index (χ4v) is 3.65. The molecular weight excluding hydrogens is 382 g/mol. The summed E-state index contributed by atoms with van der Waals surface area (Å²) in [5.74, 6) is -0.211. The molecule has 1 fully saturated rings. The summed E-state index contributed by atoms with van der Waals surface area (Å²) < 4.78 is 5.28. The van der Waals surface area contributed by atoms with Crippen molar-refractivity contribution < 1.29 is 19.1 Å². The lowest BCUT2D eigenvalue weighted by Crippen LogP contribution is -2.49.